The van der Waals surface area contributed by atoms with E-state index in [0.29, 0.717) is 6.42 Å². The van der Waals surface area contributed by atoms with Gasteiger partial charge in [0.2, 0.25) is 0 Å². The molecule has 0 amide bonds. The zero-order chi connectivity index (χ0) is 27.2. The normalized spacial score (nSPS) is 57.2. The Balaban J connectivity index is 1.69. The molecule has 6 fully saturated rings. The van der Waals surface area contributed by atoms with Gasteiger partial charge in [-0.2, -0.15) is 5.48 Å². The van der Waals surface area contributed by atoms with Crippen LogP contribution in [0.5, 0.6) is 0 Å². The van der Waals surface area contributed by atoms with Crippen molar-refractivity contribution in [2.75, 3.05) is 7.11 Å². The minimum Gasteiger partial charge on any atom is -0.451 e. The van der Waals surface area contributed by atoms with E-state index >= 15 is 0 Å². The van der Waals surface area contributed by atoms with Crippen molar-refractivity contribution in [3.63, 3.8) is 0 Å². The molecular weight excluding hydrogens is 484 g/mol. The number of hydroxylamine groups is 1. The lowest BCUT2D eigenvalue weighted by atomic mass is 9.52. The second kappa shape index (κ2) is 6.76. The minimum atomic E-state index is -2.48. The maximum Gasteiger partial charge on any atom is 0.355 e. The molecule has 4 saturated carbocycles. The maximum absolute atomic E-state index is 13.3. The van der Waals surface area contributed by atoms with Gasteiger partial charge in [0.15, 0.2) is 17.5 Å². The van der Waals surface area contributed by atoms with Gasteiger partial charge in [-0.1, -0.05) is 27.7 Å². The van der Waals surface area contributed by atoms with Crippen molar-refractivity contribution in [1.82, 2.24) is 10.5 Å². The number of H-pyrrole nitrogens is 1. The molecule has 6 aliphatic rings. The Kier molecular flexibility index (Phi) is 4.70. The molecule has 2 aliphatic heterocycles. The molecule has 11 nitrogen and oxygen atoms in total. The number of rotatable bonds is 5. The van der Waals surface area contributed by atoms with Crippen LogP contribution in [0.1, 0.15) is 64.4 Å². The highest BCUT2D eigenvalue weighted by Crippen LogP contribution is 2.90. The number of aromatic amines is 1. The van der Waals surface area contributed by atoms with Crippen LogP contribution in [0.2, 0.25) is 0 Å². The van der Waals surface area contributed by atoms with E-state index in [1.165, 1.54) is 26.3 Å². The third-order valence-electron chi connectivity index (χ3n) is 11.6. The summed E-state index contributed by atoms with van der Waals surface area (Å²) in [5.74, 6) is -3.99. The first-order valence-electron chi connectivity index (χ1n) is 13.0. The number of esters is 1. The largest absolute Gasteiger partial charge is 0.451 e. The molecule has 0 unspecified atom stereocenters. The van der Waals surface area contributed by atoms with Gasteiger partial charge in [-0.05, 0) is 43.7 Å². The second-order valence-electron chi connectivity index (χ2n) is 12.8. The molecule has 7 rings (SSSR count). The van der Waals surface area contributed by atoms with E-state index in [1.54, 1.807) is 26.8 Å². The number of carbonyl (C=O) groups excluding carboxylic acids is 1. The van der Waals surface area contributed by atoms with Crippen LogP contribution >= 0.6 is 0 Å². The molecular formula is C26H38N2O9. The number of carbonyl (C=O) groups is 1. The minimum absolute atomic E-state index is 0.0905. The first-order chi connectivity index (χ1) is 17.1. The summed E-state index contributed by atoms with van der Waals surface area (Å²) in [6.07, 6.45) is 0.158. The summed E-state index contributed by atoms with van der Waals surface area (Å²) in [6.45, 7) is 8.28. The average molecular weight is 523 g/mol. The van der Waals surface area contributed by atoms with Crippen LogP contribution in [0.15, 0.2) is 18.3 Å². The summed E-state index contributed by atoms with van der Waals surface area (Å²) in [7, 11) is 1.40. The first kappa shape index (κ1) is 25.7. The highest BCUT2D eigenvalue weighted by Gasteiger charge is 3.10. The third-order valence-corrected chi connectivity index (χ3v) is 11.6. The van der Waals surface area contributed by atoms with Gasteiger partial charge < -0.3 is 44.8 Å². The Bertz CT molecular complexity index is 1160. The molecule has 37 heavy (non-hydrogen) atoms. The lowest BCUT2D eigenvalue weighted by Crippen LogP contribution is -2.77. The Labute approximate surface area is 215 Å². The number of hydrogen-bond acceptors (Lipinski definition) is 10. The van der Waals surface area contributed by atoms with Gasteiger partial charge in [-0.25, -0.2) is 4.79 Å². The number of nitrogens with one attached hydrogen (secondary N) is 2. The summed E-state index contributed by atoms with van der Waals surface area (Å²) in [5, 5.41) is 63.5. The van der Waals surface area contributed by atoms with Crippen LogP contribution in [-0.2, 0) is 14.3 Å². The molecule has 11 heteroatoms. The van der Waals surface area contributed by atoms with Crippen molar-refractivity contribution < 1.29 is 44.6 Å². The van der Waals surface area contributed by atoms with Gasteiger partial charge >= 0.3 is 5.97 Å². The highest BCUT2D eigenvalue weighted by atomic mass is 16.7. The summed E-state index contributed by atoms with van der Waals surface area (Å²) in [6, 6.07) is 2.21. The van der Waals surface area contributed by atoms with Crippen molar-refractivity contribution in [3.05, 3.63) is 24.0 Å². The predicted octanol–water partition coefficient (Wildman–Crippen LogP) is -0.0289. The fourth-order valence-electron chi connectivity index (χ4n) is 9.92. The Hall–Kier alpha value is -1.57. The van der Waals surface area contributed by atoms with Gasteiger partial charge in [0.05, 0.1) is 18.6 Å². The standard InChI is InChI=1S/C26H38N2O9/c1-13(2)23(32)18(36-17(29)15-8-7-11-27-15)24(33)19(4)12-22(31)20(23,5)26(24,34)25(37-22)16(28-35-6)14(3)9-10-21(19,25)30/h7-8,11,13-14,16,18,27-28,30-34H,9-10,12H2,1-6H3/t14-,16-,18+,19-,20+,21-,22-,23+,24+,25+,26+/m0/s1. The quantitative estimate of drug-likeness (QED) is 0.206. The molecule has 4 aliphatic carbocycles. The molecule has 7 N–H and O–H groups in total. The van der Waals surface area contributed by atoms with E-state index in [9.17, 15) is 30.3 Å². The molecule has 0 aromatic carbocycles. The highest BCUT2D eigenvalue weighted by molar-refractivity contribution is 5.87. The molecule has 1 spiro atoms. The summed E-state index contributed by atoms with van der Waals surface area (Å²) in [5.41, 5.74) is -11.7. The average Bonchev–Trinajstić information content (AvgIpc) is 3.45. The van der Waals surface area contributed by atoms with E-state index in [0.717, 1.165) is 0 Å². The van der Waals surface area contributed by atoms with Crippen LogP contribution < -0.4 is 5.48 Å². The van der Waals surface area contributed by atoms with Crippen molar-refractivity contribution in [2.24, 2.45) is 22.7 Å². The van der Waals surface area contributed by atoms with E-state index in [1.807, 2.05) is 6.92 Å². The van der Waals surface area contributed by atoms with Crippen molar-refractivity contribution in [3.8, 4) is 0 Å². The summed E-state index contributed by atoms with van der Waals surface area (Å²) in [4.78, 5) is 21.4. The molecule has 2 saturated heterocycles. The smallest absolute Gasteiger partial charge is 0.355 e. The monoisotopic (exact) mass is 522 g/mol. The zero-order valence-corrected chi connectivity index (χ0v) is 22.0. The molecule has 3 heterocycles. The molecule has 11 atom stereocenters. The summed E-state index contributed by atoms with van der Waals surface area (Å²) < 4.78 is 12.4. The number of ether oxygens (including phenoxy) is 2. The molecule has 1 aromatic rings. The van der Waals surface area contributed by atoms with Gasteiger partial charge in [-0.3, -0.25) is 0 Å². The summed E-state index contributed by atoms with van der Waals surface area (Å²) >= 11 is 0. The van der Waals surface area contributed by atoms with Crippen LogP contribution in [0.4, 0.5) is 0 Å². The molecule has 6 bridgehead atoms. The SMILES string of the molecule is CON[C@H]1[C@@H](C)CC[C@]2(O)[C@]3(C)C[C@]4(O)O[C@]12[C@]1(O)[C@@]3(O)[C@H](OC(=O)c2ccc[nH]2)[C@](O)(C(C)C)[C@]14C. The van der Waals surface area contributed by atoms with Gasteiger partial charge in [-0.15, -0.1) is 0 Å². The number of aliphatic hydroxyl groups is 5. The third kappa shape index (κ3) is 2.00. The molecule has 206 valence electrons. The topological polar surface area (TPSA) is 174 Å². The van der Waals surface area contributed by atoms with Gasteiger partial charge in [0.1, 0.15) is 28.1 Å². The van der Waals surface area contributed by atoms with E-state index in [-0.39, 0.29) is 24.5 Å². The fourth-order valence-corrected chi connectivity index (χ4v) is 9.92. The van der Waals surface area contributed by atoms with Gasteiger partial charge in [0, 0.05) is 18.0 Å². The number of hydrogen-bond donors (Lipinski definition) is 7. The van der Waals surface area contributed by atoms with Crippen LogP contribution in [0.25, 0.3) is 0 Å². The Morgan fingerprint density at radius 3 is 2.46 bits per heavy atom. The molecule has 1 aromatic heterocycles. The van der Waals surface area contributed by atoms with Crippen LogP contribution in [-0.4, -0.2) is 89.5 Å². The first-order valence-corrected chi connectivity index (χ1v) is 13.0. The van der Waals surface area contributed by atoms with Crippen molar-refractivity contribution >= 4 is 5.97 Å². The van der Waals surface area contributed by atoms with Crippen LogP contribution in [0.3, 0.4) is 0 Å². The predicted molar refractivity (Wildman–Crippen MR) is 127 cm³/mol. The number of aromatic nitrogens is 1. The van der Waals surface area contributed by atoms with Crippen LogP contribution in [0, 0.1) is 22.7 Å². The second-order valence-corrected chi connectivity index (χ2v) is 12.8. The van der Waals surface area contributed by atoms with E-state index in [2.05, 4.69) is 10.5 Å². The van der Waals surface area contributed by atoms with Crippen molar-refractivity contribution in [2.45, 2.75) is 99.8 Å². The maximum atomic E-state index is 13.3. The lowest BCUT2D eigenvalue weighted by molar-refractivity contribution is -0.384. The Morgan fingerprint density at radius 1 is 1.22 bits per heavy atom. The lowest BCUT2D eigenvalue weighted by Gasteiger charge is -2.61. The van der Waals surface area contributed by atoms with Crippen molar-refractivity contribution in [1.29, 1.82) is 0 Å². The van der Waals surface area contributed by atoms with E-state index in [4.69, 9.17) is 14.3 Å². The Morgan fingerprint density at radius 2 is 1.89 bits per heavy atom. The fraction of sp³-hybridized carbons (Fsp3) is 0.808. The van der Waals surface area contributed by atoms with E-state index < -0.39 is 68.7 Å². The van der Waals surface area contributed by atoms with Gasteiger partial charge in [0.25, 0.3) is 0 Å². The molecule has 0 radical (unpaired) electrons. The zero-order valence-electron chi connectivity index (χ0n) is 22.0.